The molecule has 0 bridgehead atoms. The van der Waals surface area contributed by atoms with Crippen molar-refractivity contribution in [1.29, 1.82) is 0 Å². The zero-order valence-corrected chi connectivity index (χ0v) is 13.7. The fraction of sp³-hybridized carbons (Fsp3) is 0.571. The standard InChI is InChI=1S/C14H17NO5S2/c1-22(19,20)11-5-9(7-21-11)12(16)15-6-10-3-2-4-14(10,8-15)13(17)18/h5,7,10H,2-4,6,8H2,1H3,(H,17,18)/t10-,14+/m0/s1. The number of rotatable bonds is 3. The van der Waals surface area contributed by atoms with E-state index in [0.29, 0.717) is 18.5 Å². The number of carbonyl (C=O) groups is 2. The van der Waals surface area contributed by atoms with Gasteiger partial charge in [-0.05, 0) is 24.8 Å². The Bertz CT molecular complexity index is 738. The molecule has 1 aliphatic carbocycles. The summed E-state index contributed by atoms with van der Waals surface area (Å²) in [5.41, 5.74) is -0.489. The quantitative estimate of drug-likeness (QED) is 0.897. The second-order valence-electron chi connectivity index (χ2n) is 6.16. The van der Waals surface area contributed by atoms with Crippen LogP contribution in [0.4, 0.5) is 0 Å². The Morgan fingerprint density at radius 2 is 2.18 bits per heavy atom. The third-order valence-electron chi connectivity index (χ3n) is 4.77. The van der Waals surface area contributed by atoms with Gasteiger partial charge in [0.05, 0.1) is 11.0 Å². The molecule has 6 nitrogen and oxygen atoms in total. The molecule has 22 heavy (non-hydrogen) atoms. The second kappa shape index (κ2) is 5.06. The molecule has 2 aliphatic rings. The number of sulfone groups is 1. The monoisotopic (exact) mass is 343 g/mol. The maximum absolute atomic E-state index is 12.5. The molecule has 2 atom stereocenters. The number of amides is 1. The van der Waals surface area contributed by atoms with Gasteiger partial charge in [0.25, 0.3) is 5.91 Å². The fourth-order valence-corrected chi connectivity index (χ4v) is 5.39. The molecule has 3 rings (SSSR count). The summed E-state index contributed by atoms with van der Waals surface area (Å²) >= 11 is 1.02. The summed E-state index contributed by atoms with van der Waals surface area (Å²) in [6.07, 6.45) is 3.42. The van der Waals surface area contributed by atoms with Crippen molar-refractivity contribution in [3.8, 4) is 0 Å². The van der Waals surface area contributed by atoms with Gasteiger partial charge >= 0.3 is 5.97 Å². The minimum Gasteiger partial charge on any atom is -0.481 e. The van der Waals surface area contributed by atoms with Gasteiger partial charge in [-0.2, -0.15) is 0 Å². The molecule has 1 saturated carbocycles. The van der Waals surface area contributed by atoms with Crippen LogP contribution < -0.4 is 0 Å². The lowest BCUT2D eigenvalue weighted by Crippen LogP contribution is -2.37. The predicted molar refractivity (Wildman–Crippen MR) is 80.7 cm³/mol. The Hall–Kier alpha value is -1.41. The van der Waals surface area contributed by atoms with Crippen LogP contribution in [0.5, 0.6) is 0 Å². The minimum atomic E-state index is -3.33. The Morgan fingerprint density at radius 3 is 2.73 bits per heavy atom. The number of carboxylic acid groups (broad SMARTS) is 1. The second-order valence-corrected chi connectivity index (χ2v) is 9.32. The van der Waals surface area contributed by atoms with Gasteiger partial charge in [0, 0.05) is 24.7 Å². The van der Waals surface area contributed by atoms with Crippen molar-refractivity contribution in [3.05, 3.63) is 17.0 Å². The summed E-state index contributed by atoms with van der Waals surface area (Å²) in [4.78, 5) is 25.7. The summed E-state index contributed by atoms with van der Waals surface area (Å²) in [5.74, 6) is -1.10. The number of aliphatic carboxylic acids is 1. The molecule has 2 fully saturated rings. The molecule has 1 amide bonds. The van der Waals surface area contributed by atoms with E-state index in [4.69, 9.17) is 0 Å². The van der Waals surface area contributed by atoms with Gasteiger partial charge in [-0.3, -0.25) is 9.59 Å². The molecule has 2 heterocycles. The maximum Gasteiger partial charge on any atom is 0.311 e. The Morgan fingerprint density at radius 1 is 1.45 bits per heavy atom. The van der Waals surface area contributed by atoms with E-state index in [-0.39, 0.29) is 22.6 Å². The largest absolute Gasteiger partial charge is 0.481 e. The fourth-order valence-electron chi connectivity index (χ4n) is 3.60. The first kappa shape index (κ1) is 15.5. The maximum atomic E-state index is 12.5. The van der Waals surface area contributed by atoms with Gasteiger partial charge in [-0.15, -0.1) is 11.3 Å². The highest BCUT2D eigenvalue weighted by Crippen LogP contribution is 2.49. The number of carbonyl (C=O) groups excluding carboxylic acids is 1. The normalized spacial score (nSPS) is 27.9. The van der Waals surface area contributed by atoms with Crippen molar-refractivity contribution in [3.63, 3.8) is 0 Å². The van der Waals surface area contributed by atoms with Crippen LogP contribution in [0.3, 0.4) is 0 Å². The number of hydrogen-bond acceptors (Lipinski definition) is 5. The Balaban J connectivity index is 1.83. The molecule has 0 spiro atoms. The van der Waals surface area contributed by atoms with Crippen molar-refractivity contribution >= 4 is 33.1 Å². The first-order valence-corrected chi connectivity index (χ1v) is 9.82. The van der Waals surface area contributed by atoms with Crippen molar-refractivity contribution in [2.75, 3.05) is 19.3 Å². The average Bonchev–Trinajstić information content (AvgIpc) is 3.10. The van der Waals surface area contributed by atoms with E-state index in [9.17, 15) is 23.1 Å². The molecule has 0 aromatic carbocycles. The van der Waals surface area contributed by atoms with Crippen LogP contribution in [0, 0.1) is 11.3 Å². The van der Waals surface area contributed by atoms with Gasteiger partial charge in [0.1, 0.15) is 4.21 Å². The first-order chi connectivity index (χ1) is 10.2. The predicted octanol–water partition coefficient (Wildman–Crippen LogP) is 1.48. The number of carboxylic acids is 1. The number of fused-ring (bicyclic) bond motifs is 1. The van der Waals surface area contributed by atoms with Crippen molar-refractivity contribution in [1.82, 2.24) is 4.90 Å². The van der Waals surface area contributed by atoms with Gasteiger partial charge in [-0.1, -0.05) is 6.42 Å². The summed E-state index contributed by atoms with van der Waals surface area (Å²) in [5, 5.41) is 11.1. The molecule has 1 saturated heterocycles. The van der Waals surface area contributed by atoms with Crippen LogP contribution in [0.2, 0.25) is 0 Å². The van der Waals surface area contributed by atoms with E-state index in [0.717, 1.165) is 30.4 Å². The number of hydrogen-bond donors (Lipinski definition) is 1. The van der Waals surface area contributed by atoms with E-state index in [1.165, 1.54) is 11.4 Å². The van der Waals surface area contributed by atoms with Crippen molar-refractivity contribution in [2.45, 2.75) is 23.5 Å². The summed E-state index contributed by atoms with van der Waals surface area (Å²) in [6, 6.07) is 1.38. The summed E-state index contributed by atoms with van der Waals surface area (Å²) in [7, 11) is -3.33. The number of thiophene rings is 1. The van der Waals surface area contributed by atoms with Crippen LogP contribution in [-0.2, 0) is 14.6 Å². The zero-order valence-electron chi connectivity index (χ0n) is 12.1. The average molecular weight is 343 g/mol. The molecule has 120 valence electrons. The SMILES string of the molecule is CS(=O)(=O)c1cc(C(=O)N2C[C@@H]3CCC[C@@]3(C(=O)O)C2)cs1. The lowest BCUT2D eigenvalue weighted by Gasteiger charge is -2.23. The highest BCUT2D eigenvalue weighted by molar-refractivity contribution is 7.92. The van der Waals surface area contributed by atoms with Crippen LogP contribution in [-0.4, -0.2) is 49.6 Å². The molecule has 1 aliphatic heterocycles. The lowest BCUT2D eigenvalue weighted by molar-refractivity contribution is -0.149. The molecular formula is C14H17NO5S2. The lowest BCUT2D eigenvalue weighted by atomic mass is 9.81. The van der Waals surface area contributed by atoms with E-state index >= 15 is 0 Å². The Kier molecular flexibility index (Phi) is 3.56. The highest BCUT2D eigenvalue weighted by atomic mass is 32.2. The molecule has 1 N–H and O–H groups in total. The van der Waals surface area contributed by atoms with Crippen LogP contribution in [0.1, 0.15) is 29.6 Å². The zero-order chi connectivity index (χ0) is 16.1. The molecule has 1 aromatic heterocycles. The third-order valence-corrected chi connectivity index (χ3v) is 7.54. The van der Waals surface area contributed by atoms with Crippen LogP contribution in [0.15, 0.2) is 15.7 Å². The van der Waals surface area contributed by atoms with Gasteiger partial charge in [-0.25, -0.2) is 8.42 Å². The van der Waals surface area contributed by atoms with Crippen molar-refractivity contribution in [2.24, 2.45) is 11.3 Å². The first-order valence-electron chi connectivity index (χ1n) is 7.05. The number of nitrogens with zero attached hydrogens (tertiary/aromatic N) is 1. The molecular weight excluding hydrogens is 326 g/mol. The van der Waals surface area contributed by atoms with Crippen molar-refractivity contribution < 1.29 is 23.1 Å². The molecule has 1 aromatic rings. The highest BCUT2D eigenvalue weighted by Gasteiger charge is 2.55. The Labute approximate surface area is 132 Å². The summed E-state index contributed by atoms with van der Waals surface area (Å²) < 4.78 is 23.2. The number of likely N-dealkylation sites (tertiary alicyclic amines) is 1. The van der Waals surface area contributed by atoms with Gasteiger partial charge < -0.3 is 10.0 Å². The topological polar surface area (TPSA) is 91.8 Å². The molecule has 8 heteroatoms. The van der Waals surface area contributed by atoms with E-state index in [1.807, 2.05) is 0 Å². The molecule has 0 radical (unpaired) electrons. The molecule has 0 unspecified atom stereocenters. The summed E-state index contributed by atoms with van der Waals surface area (Å²) in [6.45, 7) is 0.658. The minimum absolute atomic E-state index is 0.00182. The van der Waals surface area contributed by atoms with Crippen LogP contribution in [0.25, 0.3) is 0 Å². The smallest absolute Gasteiger partial charge is 0.311 e. The van der Waals surface area contributed by atoms with E-state index in [1.54, 1.807) is 4.90 Å². The van der Waals surface area contributed by atoms with E-state index < -0.39 is 21.2 Å². The van der Waals surface area contributed by atoms with Gasteiger partial charge in [0.15, 0.2) is 9.84 Å². The van der Waals surface area contributed by atoms with Gasteiger partial charge in [0.2, 0.25) is 0 Å². The van der Waals surface area contributed by atoms with E-state index in [2.05, 4.69) is 0 Å². The van der Waals surface area contributed by atoms with Crippen LogP contribution >= 0.6 is 11.3 Å². The third kappa shape index (κ3) is 2.34.